The van der Waals surface area contributed by atoms with Gasteiger partial charge in [-0.1, -0.05) is 11.6 Å². The Morgan fingerprint density at radius 2 is 1.97 bits per heavy atom. The Bertz CT molecular complexity index is 977. The monoisotopic (exact) mass is 420 g/mol. The fourth-order valence-corrected chi connectivity index (χ4v) is 4.35. The van der Waals surface area contributed by atoms with E-state index in [2.05, 4.69) is 4.90 Å². The summed E-state index contributed by atoms with van der Waals surface area (Å²) in [6.45, 7) is 6.31. The standard InChI is InChI=1S/C21H25ClN2O5/c1-12-7-20(26)29-18-9-19(17(22)8-16(12)18)28-13(2)21(27)23-5-3-14(4-6-23)24-10-15(25)11-24/h7-9,13-15,25H,3-6,10-11H2,1-2H3. The average Bonchev–Trinajstić information content (AvgIpc) is 2.66. The predicted octanol–water partition coefficient (Wildman–Crippen LogP) is 2.19. The zero-order valence-electron chi connectivity index (χ0n) is 16.6. The van der Waals surface area contributed by atoms with Gasteiger partial charge in [0.2, 0.25) is 0 Å². The summed E-state index contributed by atoms with van der Waals surface area (Å²) in [5.74, 6) is 0.229. The van der Waals surface area contributed by atoms with Gasteiger partial charge in [0.05, 0.1) is 11.1 Å². The molecule has 156 valence electrons. The van der Waals surface area contributed by atoms with Crippen LogP contribution in [0.15, 0.2) is 27.4 Å². The van der Waals surface area contributed by atoms with E-state index in [1.165, 1.54) is 6.07 Å². The molecule has 2 aromatic rings. The van der Waals surface area contributed by atoms with Gasteiger partial charge in [-0.3, -0.25) is 9.69 Å². The highest BCUT2D eigenvalue weighted by Gasteiger charge is 2.35. The summed E-state index contributed by atoms with van der Waals surface area (Å²) < 4.78 is 11.1. The lowest BCUT2D eigenvalue weighted by Crippen LogP contribution is -2.58. The van der Waals surface area contributed by atoms with E-state index in [0.717, 1.165) is 36.9 Å². The number of aryl methyl sites for hydroxylation is 1. The van der Waals surface area contributed by atoms with Crippen molar-refractivity contribution in [3.05, 3.63) is 39.2 Å². The highest BCUT2D eigenvalue weighted by molar-refractivity contribution is 6.32. The molecule has 3 heterocycles. The fraction of sp³-hybridized carbons (Fsp3) is 0.524. The van der Waals surface area contributed by atoms with Crippen LogP contribution in [0.3, 0.4) is 0 Å². The maximum absolute atomic E-state index is 12.8. The number of carbonyl (C=O) groups is 1. The maximum Gasteiger partial charge on any atom is 0.336 e. The minimum atomic E-state index is -0.705. The Balaban J connectivity index is 1.41. The Labute approximate surface area is 173 Å². The SMILES string of the molecule is Cc1cc(=O)oc2cc(OC(C)C(=O)N3CCC(N4CC(O)C4)CC3)c(Cl)cc12. The molecule has 0 radical (unpaired) electrons. The summed E-state index contributed by atoms with van der Waals surface area (Å²) in [5.41, 5.74) is 0.711. The molecule has 1 unspecified atom stereocenters. The van der Waals surface area contributed by atoms with Crippen LogP contribution in [0, 0.1) is 6.92 Å². The van der Waals surface area contributed by atoms with Gasteiger partial charge < -0.3 is 19.2 Å². The van der Waals surface area contributed by atoms with Crippen LogP contribution in [0.1, 0.15) is 25.3 Å². The van der Waals surface area contributed by atoms with Crippen molar-refractivity contribution in [2.45, 2.75) is 44.9 Å². The molecule has 29 heavy (non-hydrogen) atoms. The number of piperidine rings is 1. The van der Waals surface area contributed by atoms with E-state index in [0.29, 0.717) is 35.5 Å². The van der Waals surface area contributed by atoms with Crippen molar-refractivity contribution in [3.8, 4) is 5.75 Å². The summed E-state index contributed by atoms with van der Waals surface area (Å²) in [4.78, 5) is 28.6. The molecular weight excluding hydrogens is 396 g/mol. The Hall–Kier alpha value is -2.09. The van der Waals surface area contributed by atoms with Crippen LogP contribution in [0.4, 0.5) is 0 Å². The van der Waals surface area contributed by atoms with Gasteiger partial charge in [-0.25, -0.2) is 4.79 Å². The molecule has 0 saturated carbocycles. The largest absolute Gasteiger partial charge is 0.479 e. The molecule has 1 atom stereocenters. The lowest BCUT2D eigenvalue weighted by atomic mass is 9.98. The number of hydrogen-bond donors (Lipinski definition) is 1. The van der Waals surface area contributed by atoms with Crippen LogP contribution < -0.4 is 10.4 Å². The number of amides is 1. The van der Waals surface area contributed by atoms with Crippen molar-refractivity contribution in [3.63, 3.8) is 0 Å². The minimum Gasteiger partial charge on any atom is -0.479 e. The third kappa shape index (κ3) is 4.13. The average molecular weight is 421 g/mol. The van der Waals surface area contributed by atoms with Gasteiger partial charge >= 0.3 is 5.63 Å². The Morgan fingerprint density at radius 1 is 1.28 bits per heavy atom. The number of halogens is 1. The maximum atomic E-state index is 12.8. The van der Waals surface area contributed by atoms with Crippen molar-refractivity contribution in [2.75, 3.05) is 26.2 Å². The lowest BCUT2D eigenvalue weighted by Gasteiger charge is -2.45. The first-order valence-electron chi connectivity index (χ1n) is 9.93. The molecule has 2 aliphatic rings. The number of rotatable bonds is 4. The van der Waals surface area contributed by atoms with E-state index < -0.39 is 11.7 Å². The normalized spacial score (nSPS) is 19.9. The zero-order valence-corrected chi connectivity index (χ0v) is 17.3. The number of carbonyl (C=O) groups excluding carboxylic acids is 1. The number of aliphatic hydroxyl groups is 1. The molecule has 4 rings (SSSR count). The van der Waals surface area contributed by atoms with E-state index in [1.54, 1.807) is 19.1 Å². The predicted molar refractivity (Wildman–Crippen MR) is 110 cm³/mol. The van der Waals surface area contributed by atoms with Crippen LogP contribution in [-0.4, -0.2) is 65.2 Å². The molecule has 1 N–H and O–H groups in total. The Morgan fingerprint density at radius 3 is 2.62 bits per heavy atom. The molecule has 2 saturated heterocycles. The first kappa shape index (κ1) is 20.2. The molecule has 2 aliphatic heterocycles. The number of nitrogens with zero attached hydrogens (tertiary/aromatic N) is 2. The number of fused-ring (bicyclic) bond motifs is 1. The molecular formula is C21H25ClN2O5. The molecule has 1 aromatic carbocycles. The second kappa shape index (κ2) is 7.97. The topological polar surface area (TPSA) is 83.2 Å². The quantitative estimate of drug-likeness (QED) is 0.763. The number of aliphatic hydroxyl groups excluding tert-OH is 1. The van der Waals surface area contributed by atoms with Gasteiger partial charge in [-0.2, -0.15) is 0 Å². The molecule has 2 fully saturated rings. The Kier molecular flexibility index (Phi) is 5.55. The van der Waals surface area contributed by atoms with Crippen molar-refractivity contribution in [1.82, 2.24) is 9.80 Å². The van der Waals surface area contributed by atoms with Gasteiger partial charge in [0, 0.05) is 49.7 Å². The van der Waals surface area contributed by atoms with E-state index in [-0.39, 0.29) is 12.0 Å². The molecule has 0 bridgehead atoms. The van der Waals surface area contributed by atoms with Crippen LogP contribution in [-0.2, 0) is 4.79 Å². The first-order valence-corrected chi connectivity index (χ1v) is 10.3. The second-order valence-corrected chi connectivity index (χ2v) is 8.36. The minimum absolute atomic E-state index is 0.0889. The van der Waals surface area contributed by atoms with Crippen LogP contribution in [0.2, 0.25) is 5.02 Å². The highest BCUT2D eigenvalue weighted by atomic mass is 35.5. The lowest BCUT2D eigenvalue weighted by molar-refractivity contribution is -0.140. The van der Waals surface area contributed by atoms with E-state index in [4.69, 9.17) is 20.8 Å². The van der Waals surface area contributed by atoms with E-state index in [9.17, 15) is 14.7 Å². The number of hydrogen-bond acceptors (Lipinski definition) is 6. The molecule has 0 aliphatic carbocycles. The molecule has 0 spiro atoms. The summed E-state index contributed by atoms with van der Waals surface area (Å²) in [5, 5.41) is 10.6. The molecule has 1 aromatic heterocycles. The van der Waals surface area contributed by atoms with Gasteiger partial charge in [0.1, 0.15) is 11.3 Å². The van der Waals surface area contributed by atoms with Crippen molar-refractivity contribution in [2.24, 2.45) is 0 Å². The van der Waals surface area contributed by atoms with E-state index >= 15 is 0 Å². The number of benzene rings is 1. The summed E-state index contributed by atoms with van der Waals surface area (Å²) in [7, 11) is 0. The summed E-state index contributed by atoms with van der Waals surface area (Å²) >= 11 is 6.34. The zero-order chi connectivity index (χ0) is 20.7. The van der Waals surface area contributed by atoms with Crippen molar-refractivity contribution in [1.29, 1.82) is 0 Å². The smallest absolute Gasteiger partial charge is 0.336 e. The molecule has 1 amide bonds. The van der Waals surface area contributed by atoms with Crippen LogP contribution in [0.25, 0.3) is 11.0 Å². The van der Waals surface area contributed by atoms with Crippen molar-refractivity contribution >= 4 is 28.5 Å². The molecule has 8 heteroatoms. The van der Waals surface area contributed by atoms with E-state index in [1.807, 2.05) is 11.8 Å². The third-order valence-electron chi connectivity index (χ3n) is 5.84. The number of likely N-dealkylation sites (tertiary alicyclic amines) is 2. The third-order valence-corrected chi connectivity index (χ3v) is 6.13. The second-order valence-electron chi connectivity index (χ2n) is 7.95. The van der Waals surface area contributed by atoms with Crippen LogP contribution >= 0.6 is 11.6 Å². The van der Waals surface area contributed by atoms with Crippen LogP contribution in [0.5, 0.6) is 5.75 Å². The van der Waals surface area contributed by atoms with Gasteiger partial charge in [0.25, 0.3) is 5.91 Å². The fourth-order valence-electron chi connectivity index (χ4n) is 4.15. The number of ether oxygens (including phenoxy) is 1. The molecule has 7 nitrogen and oxygen atoms in total. The first-order chi connectivity index (χ1) is 13.8. The van der Waals surface area contributed by atoms with Crippen molar-refractivity contribution < 1.29 is 19.1 Å². The van der Waals surface area contributed by atoms with Gasteiger partial charge in [0.15, 0.2) is 6.10 Å². The van der Waals surface area contributed by atoms with Gasteiger partial charge in [-0.15, -0.1) is 0 Å². The summed E-state index contributed by atoms with van der Waals surface area (Å²) in [6, 6.07) is 5.10. The highest BCUT2D eigenvalue weighted by Crippen LogP contribution is 2.32. The summed E-state index contributed by atoms with van der Waals surface area (Å²) in [6.07, 6.45) is 0.880. The number of β-amino-alcohol motifs (C(OH)–C–C–N with tert-alkyl or cyclic N) is 1. The van der Waals surface area contributed by atoms with Gasteiger partial charge in [-0.05, 0) is 38.3 Å².